The SMILES string of the molecule is O=C(O)C1CC(=O)N(CCc2ccc(Cl)c(Cl)c2)C1. The first-order valence-electron chi connectivity index (χ1n) is 5.92. The van der Waals surface area contributed by atoms with Crippen molar-refractivity contribution in [1.82, 2.24) is 4.90 Å². The normalized spacial score (nSPS) is 18.9. The molecule has 0 aromatic heterocycles. The Kier molecular flexibility index (Phi) is 4.32. The summed E-state index contributed by atoms with van der Waals surface area (Å²) in [4.78, 5) is 24.1. The molecule has 1 heterocycles. The van der Waals surface area contributed by atoms with E-state index >= 15 is 0 Å². The summed E-state index contributed by atoms with van der Waals surface area (Å²) in [6.45, 7) is 0.788. The fraction of sp³-hybridized carbons (Fsp3) is 0.385. The maximum atomic E-state index is 11.6. The van der Waals surface area contributed by atoms with Gasteiger partial charge in [-0.15, -0.1) is 0 Å². The van der Waals surface area contributed by atoms with Gasteiger partial charge in [0.25, 0.3) is 0 Å². The van der Waals surface area contributed by atoms with Crippen LogP contribution in [0.2, 0.25) is 10.0 Å². The predicted octanol–water partition coefficient (Wildman–Crippen LogP) is 2.47. The molecule has 1 N–H and O–H groups in total. The molecule has 1 amide bonds. The van der Waals surface area contributed by atoms with E-state index in [-0.39, 0.29) is 18.9 Å². The number of rotatable bonds is 4. The van der Waals surface area contributed by atoms with E-state index in [9.17, 15) is 9.59 Å². The number of carboxylic acids is 1. The number of hydrogen-bond acceptors (Lipinski definition) is 2. The lowest BCUT2D eigenvalue weighted by molar-refractivity contribution is -0.141. The van der Waals surface area contributed by atoms with Gasteiger partial charge in [0.15, 0.2) is 0 Å². The van der Waals surface area contributed by atoms with Gasteiger partial charge in [-0.1, -0.05) is 29.3 Å². The third kappa shape index (κ3) is 3.39. The van der Waals surface area contributed by atoms with Crippen LogP contribution in [0.4, 0.5) is 0 Å². The molecule has 1 aromatic rings. The van der Waals surface area contributed by atoms with Gasteiger partial charge in [0.2, 0.25) is 5.91 Å². The molecule has 0 aliphatic carbocycles. The van der Waals surface area contributed by atoms with Crippen molar-refractivity contribution in [3.05, 3.63) is 33.8 Å². The van der Waals surface area contributed by atoms with E-state index in [1.165, 1.54) is 0 Å². The first kappa shape index (κ1) is 14.2. The maximum Gasteiger partial charge on any atom is 0.308 e. The first-order valence-corrected chi connectivity index (χ1v) is 6.67. The second-order valence-electron chi connectivity index (χ2n) is 4.58. The lowest BCUT2D eigenvalue weighted by Gasteiger charge is -2.16. The molecule has 0 saturated carbocycles. The Balaban J connectivity index is 1.94. The van der Waals surface area contributed by atoms with Crippen LogP contribution in [0.15, 0.2) is 18.2 Å². The summed E-state index contributed by atoms with van der Waals surface area (Å²) in [7, 11) is 0. The molecule has 0 bridgehead atoms. The van der Waals surface area contributed by atoms with E-state index in [1.54, 1.807) is 17.0 Å². The van der Waals surface area contributed by atoms with Crippen molar-refractivity contribution < 1.29 is 14.7 Å². The molecule has 6 heteroatoms. The molecule has 4 nitrogen and oxygen atoms in total. The number of amides is 1. The number of halogens is 2. The lowest BCUT2D eigenvalue weighted by atomic mass is 10.1. The average Bonchev–Trinajstić information content (AvgIpc) is 2.73. The Morgan fingerprint density at radius 2 is 2.11 bits per heavy atom. The van der Waals surface area contributed by atoms with Crippen LogP contribution >= 0.6 is 23.2 Å². The van der Waals surface area contributed by atoms with Gasteiger partial charge >= 0.3 is 5.97 Å². The summed E-state index contributed by atoms with van der Waals surface area (Å²) in [6, 6.07) is 5.33. The molecule has 102 valence electrons. The number of aliphatic carboxylic acids is 1. The van der Waals surface area contributed by atoms with Crippen LogP contribution in [0.5, 0.6) is 0 Å². The van der Waals surface area contributed by atoms with E-state index in [4.69, 9.17) is 28.3 Å². The molecule has 1 fully saturated rings. The van der Waals surface area contributed by atoms with Gasteiger partial charge < -0.3 is 10.0 Å². The summed E-state index contributed by atoms with van der Waals surface area (Å²) in [5.74, 6) is -1.60. The summed E-state index contributed by atoms with van der Waals surface area (Å²) in [5, 5.41) is 9.87. The highest BCUT2D eigenvalue weighted by Gasteiger charge is 2.33. The molecule has 0 spiro atoms. The minimum absolute atomic E-state index is 0.0940. The Morgan fingerprint density at radius 1 is 1.37 bits per heavy atom. The zero-order valence-corrected chi connectivity index (χ0v) is 11.6. The number of nitrogens with zero attached hydrogens (tertiary/aromatic N) is 1. The van der Waals surface area contributed by atoms with Crippen molar-refractivity contribution in [2.75, 3.05) is 13.1 Å². The highest BCUT2D eigenvalue weighted by Crippen LogP contribution is 2.23. The molecule has 1 aliphatic rings. The van der Waals surface area contributed by atoms with Crippen LogP contribution in [-0.2, 0) is 16.0 Å². The summed E-state index contributed by atoms with van der Waals surface area (Å²) in [5.41, 5.74) is 0.973. The monoisotopic (exact) mass is 301 g/mol. The highest BCUT2D eigenvalue weighted by atomic mass is 35.5. The Morgan fingerprint density at radius 3 is 2.68 bits per heavy atom. The van der Waals surface area contributed by atoms with Crippen molar-refractivity contribution >= 4 is 35.1 Å². The summed E-state index contributed by atoms with van der Waals surface area (Å²) < 4.78 is 0. The number of carboxylic acid groups (broad SMARTS) is 1. The predicted molar refractivity (Wildman–Crippen MR) is 72.5 cm³/mol. The number of likely N-dealkylation sites (tertiary alicyclic amines) is 1. The van der Waals surface area contributed by atoms with Gasteiger partial charge in [0.05, 0.1) is 16.0 Å². The fourth-order valence-electron chi connectivity index (χ4n) is 2.11. The molecular formula is C13H13Cl2NO3. The average molecular weight is 302 g/mol. The largest absolute Gasteiger partial charge is 0.481 e. The molecule has 1 unspecified atom stereocenters. The molecule has 19 heavy (non-hydrogen) atoms. The topological polar surface area (TPSA) is 57.6 Å². The minimum Gasteiger partial charge on any atom is -0.481 e. The third-order valence-electron chi connectivity index (χ3n) is 3.22. The van der Waals surface area contributed by atoms with Gasteiger partial charge in [-0.2, -0.15) is 0 Å². The van der Waals surface area contributed by atoms with Crippen molar-refractivity contribution in [2.45, 2.75) is 12.8 Å². The van der Waals surface area contributed by atoms with Gasteiger partial charge in [-0.05, 0) is 24.1 Å². The van der Waals surface area contributed by atoms with Gasteiger partial charge in [0.1, 0.15) is 0 Å². The molecular weight excluding hydrogens is 289 g/mol. The highest BCUT2D eigenvalue weighted by molar-refractivity contribution is 6.42. The minimum atomic E-state index is -0.912. The van der Waals surface area contributed by atoms with E-state index in [0.29, 0.717) is 23.0 Å². The summed E-state index contributed by atoms with van der Waals surface area (Å²) in [6.07, 6.45) is 0.728. The van der Waals surface area contributed by atoms with Crippen LogP contribution < -0.4 is 0 Å². The van der Waals surface area contributed by atoms with Crippen molar-refractivity contribution in [1.29, 1.82) is 0 Å². The second kappa shape index (κ2) is 5.80. The van der Waals surface area contributed by atoms with Gasteiger partial charge in [-0.25, -0.2) is 0 Å². The third-order valence-corrected chi connectivity index (χ3v) is 3.96. The lowest BCUT2D eigenvalue weighted by Crippen LogP contribution is -2.28. The van der Waals surface area contributed by atoms with Crippen LogP contribution in [0, 0.1) is 5.92 Å². The van der Waals surface area contributed by atoms with Crippen molar-refractivity contribution in [3.63, 3.8) is 0 Å². The molecule has 2 rings (SSSR count). The maximum absolute atomic E-state index is 11.6. The smallest absolute Gasteiger partial charge is 0.308 e. The van der Waals surface area contributed by atoms with Crippen LogP contribution in [0.25, 0.3) is 0 Å². The zero-order chi connectivity index (χ0) is 14.0. The van der Waals surface area contributed by atoms with Crippen LogP contribution in [0.3, 0.4) is 0 Å². The Labute approximate surface area is 120 Å². The van der Waals surface area contributed by atoms with Crippen molar-refractivity contribution in [2.24, 2.45) is 5.92 Å². The zero-order valence-electron chi connectivity index (χ0n) is 10.1. The Bertz CT molecular complexity index is 519. The fourth-order valence-corrected chi connectivity index (χ4v) is 2.43. The van der Waals surface area contributed by atoms with Crippen LogP contribution in [-0.4, -0.2) is 35.0 Å². The van der Waals surface area contributed by atoms with E-state index in [1.807, 2.05) is 6.07 Å². The van der Waals surface area contributed by atoms with E-state index in [2.05, 4.69) is 0 Å². The molecule has 1 aromatic carbocycles. The van der Waals surface area contributed by atoms with Crippen LogP contribution in [0.1, 0.15) is 12.0 Å². The Hall–Kier alpha value is -1.26. The molecule has 1 aliphatic heterocycles. The molecule has 1 atom stereocenters. The number of hydrogen-bond donors (Lipinski definition) is 1. The molecule has 1 saturated heterocycles. The molecule has 0 radical (unpaired) electrons. The number of benzene rings is 1. The summed E-state index contributed by atoms with van der Waals surface area (Å²) >= 11 is 11.7. The number of carbonyl (C=O) groups is 2. The second-order valence-corrected chi connectivity index (χ2v) is 5.39. The first-order chi connectivity index (χ1) is 8.97. The van der Waals surface area contributed by atoms with Crippen molar-refractivity contribution in [3.8, 4) is 0 Å². The van der Waals surface area contributed by atoms with Gasteiger partial charge in [0, 0.05) is 19.5 Å². The number of carbonyl (C=O) groups excluding carboxylic acids is 1. The standard InChI is InChI=1S/C13H13Cl2NO3/c14-10-2-1-8(5-11(10)15)3-4-16-7-9(13(18)19)6-12(16)17/h1-2,5,9H,3-4,6-7H2,(H,18,19). The van der Waals surface area contributed by atoms with E-state index < -0.39 is 11.9 Å². The quantitative estimate of drug-likeness (QED) is 0.929. The van der Waals surface area contributed by atoms with Gasteiger partial charge in [-0.3, -0.25) is 9.59 Å². The van der Waals surface area contributed by atoms with E-state index in [0.717, 1.165) is 5.56 Å².